The smallest absolute Gasteiger partial charge is 0.0915 e. The summed E-state index contributed by atoms with van der Waals surface area (Å²) in [4.78, 5) is 0. The molecule has 3 N–H and O–H groups in total. The van der Waals surface area contributed by atoms with Gasteiger partial charge in [-0.2, -0.15) is 0 Å². The van der Waals surface area contributed by atoms with Crippen molar-refractivity contribution in [1.82, 2.24) is 5.32 Å². The number of hydrogen-bond donors (Lipinski definition) is 3. The zero-order valence-corrected chi connectivity index (χ0v) is 13.5. The van der Waals surface area contributed by atoms with Crippen LogP contribution in [0.25, 0.3) is 0 Å². The van der Waals surface area contributed by atoms with E-state index < -0.39 is 11.6 Å². The summed E-state index contributed by atoms with van der Waals surface area (Å²) in [5.41, 5.74) is 1.26. The first-order valence-electron chi connectivity index (χ1n) is 6.90. The molecule has 0 fully saturated rings. The van der Waals surface area contributed by atoms with Gasteiger partial charge in [-0.1, -0.05) is 58.4 Å². The third-order valence-electron chi connectivity index (χ3n) is 3.65. The van der Waals surface area contributed by atoms with E-state index >= 15 is 0 Å². The van der Waals surface area contributed by atoms with Gasteiger partial charge in [0.15, 0.2) is 0 Å². The Balaban J connectivity index is 2.06. The van der Waals surface area contributed by atoms with Gasteiger partial charge >= 0.3 is 0 Å². The van der Waals surface area contributed by atoms with Gasteiger partial charge in [-0.25, -0.2) is 0 Å². The van der Waals surface area contributed by atoms with Crippen LogP contribution in [0.3, 0.4) is 0 Å². The molecule has 0 amide bonds. The number of benzene rings is 2. The van der Waals surface area contributed by atoms with Crippen LogP contribution in [-0.4, -0.2) is 23.4 Å². The molecular weight excluding hydrogens is 330 g/mol. The summed E-state index contributed by atoms with van der Waals surface area (Å²) in [6.07, 6.45) is -0.628. The van der Waals surface area contributed by atoms with Gasteiger partial charge in [-0.15, -0.1) is 0 Å². The molecule has 2 unspecified atom stereocenters. The van der Waals surface area contributed by atoms with E-state index in [4.69, 9.17) is 0 Å². The molecule has 2 aromatic carbocycles. The van der Waals surface area contributed by atoms with Crippen molar-refractivity contribution in [2.75, 3.05) is 13.2 Å². The second kappa shape index (κ2) is 7.18. The molecule has 0 aromatic heterocycles. The topological polar surface area (TPSA) is 52.5 Å². The average molecular weight is 350 g/mol. The predicted octanol–water partition coefficient (Wildman–Crippen LogP) is 2.98. The fourth-order valence-electron chi connectivity index (χ4n) is 2.21. The largest absolute Gasteiger partial charge is 0.394 e. The lowest BCUT2D eigenvalue weighted by Gasteiger charge is -2.30. The number of aliphatic hydroxyl groups excluding tert-OH is 2. The Labute approximate surface area is 133 Å². The maximum absolute atomic E-state index is 10.3. The van der Waals surface area contributed by atoms with Crippen molar-refractivity contribution in [2.45, 2.75) is 18.6 Å². The van der Waals surface area contributed by atoms with Crippen molar-refractivity contribution in [3.63, 3.8) is 0 Å². The highest BCUT2D eigenvalue weighted by molar-refractivity contribution is 9.10. The molecule has 0 aliphatic rings. The molecular formula is C17H20BrNO2. The van der Waals surface area contributed by atoms with Crippen LogP contribution in [0.5, 0.6) is 0 Å². The SMILES string of the molecule is CC(CO)(NCC(O)c1cccc(Br)c1)c1ccccc1. The first kappa shape index (κ1) is 16.2. The van der Waals surface area contributed by atoms with Crippen molar-refractivity contribution < 1.29 is 10.2 Å². The summed E-state index contributed by atoms with van der Waals surface area (Å²) in [7, 11) is 0. The second-order valence-corrected chi connectivity index (χ2v) is 6.22. The van der Waals surface area contributed by atoms with Crippen molar-refractivity contribution in [1.29, 1.82) is 0 Å². The summed E-state index contributed by atoms with van der Waals surface area (Å²) < 4.78 is 0.937. The predicted molar refractivity (Wildman–Crippen MR) is 88.0 cm³/mol. The van der Waals surface area contributed by atoms with Gasteiger partial charge in [0, 0.05) is 11.0 Å². The average Bonchev–Trinajstić information content (AvgIpc) is 2.53. The Morgan fingerprint density at radius 1 is 1.14 bits per heavy atom. The van der Waals surface area contributed by atoms with E-state index in [2.05, 4.69) is 21.2 Å². The molecule has 0 radical (unpaired) electrons. The lowest BCUT2D eigenvalue weighted by Crippen LogP contribution is -2.44. The van der Waals surface area contributed by atoms with Crippen molar-refractivity contribution >= 4 is 15.9 Å². The quantitative estimate of drug-likeness (QED) is 0.751. The minimum absolute atomic E-state index is 0.0395. The van der Waals surface area contributed by atoms with Crippen LogP contribution in [-0.2, 0) is 5.54 Å². The van der Waals surface area contributed by atoms with Gasteiger partial charge in [-0.3, -0.25) is 0 Å². The molecule has 0 bridgehead atoms. The van der Waals surface area contributed by atoms with E-state index in [1.807, 2.05) is 61.5 Å². The van der Waals surface area contributed by atoms with Crippen LogP contribution in [0.4, 0.5) is 0 Å². The Hall–Kier alpha value is -1.20. The molecule has 3 nitrogen and oxygen atoms in total. The Bertz CT molecular complexity index is 576. The van der Waals surface area contributed by atoms with Crippen molar-refractivity contribution in [3.05, 3.63) is 70.2 Å². The standard InChI is InChI=1S/C17H20BrNO2/c1-17(12-20,14-7-3-2-4-8-14)19-11-16(21)13-6-5-9-15(18)10-13/h2-10,16,19-21H,11-12H2,1H3. The first-order chi connectivity index (χ1) is 10.0. The van der Waals surface area contributed by atoms with E-state index in [9.17, 15) is 10.2 Å². The first-order valence-corrected chi connectivity index (χ1v) is 7.69. The minimum atomic E-state index is -0.628. The van der Waals surface area contributed by atoms with E-state index in [0.29, 0.717) is 6.54 Å². The highest BCUT2D eigenvalue weighted by atomic mass is 79.9. The molecule has 0 saturated heterocycles. The van der Waals surface area contributed by atoms with E-state index in [-0.39, 0.29) is 6.61 Å². The van der Waals surface area contributed by atoms with Gasteiger partial charge in [0.1, 0.15) is 0 Å². The summed E-state index contributed by atoms with van der Waals surface area (Å²) in [6.45, 7) is 2.25. The lowest BCUT2D eigenvalue weighted by molar-refractivity contribution is 0.128. The van der Waals surface area contributed by atoms with E-state index in [0.717, 1.165) is 15.6 Å². The van der Waals surface area contributed by atoms with Crippen LogP contribution in [0.2, 0.25) is 0 Å². The van der Waals surface area contributed by atoms with Gasteiger partial charge in [-0.05, 0) is 30.2 Å². The third-order valence-corrected chi connectivity index (χ3v) is 4.14. The summed E-state index contributed by atoms with van der Waals surface area (Å²) >= 11 is 3.40. The van der Waals surface area contributed by atoms with Gasteiger partial charge in [0.2, 0.25) is 0 Å². The van der Waals surface area contributed by atoms with Gasteiger partial charge in [0.05, 0.1) is 18.2 Å². The van der Waals surface area contributed by atoms with Gasteiger partial charge in [0.25, 0.3) is 0 Å². The molecule has 21 heavy (non-hydrogen) atoms. The highest BCUT2D eigenvalue weighted by Crippen LogP contribution is 2.22. The number of halogens is 1. The normalized spacial score (nSPS) is 15.4. The fourth-order valence-corrected chi connectivity index (χ4v) is 2.63. The Morgan fingerprint density at radius 2 is 1.86 bits per heavy atom. The summed E-state index contributed by atoms with van der Waals surface area (Å²) in [5.74, 6) is 0. The molecule has 2 aromatic rings. The molecule has 0 saturated carbocycles. The van der Waals surface area contributed by atoms with Crippen LogP contribution in [0.1, 0.15) is 24.2 Å². The number of nitrogens with one attached hydrogen (secondary N) is 1. The molecule has 0 aliphatic heterocycles. The van der Waals surface area contributed by atoms with Crippen molar-refractivity contribution in [3.8, 4) is 0 Å². The number of rotatable bonds is 6. The monoisotopic (exact) mass is 349 g/mol. The van der Waals surface area contributed by atoms with Crippen LogP contribution in [0, 0.1) is 0 Å². The Kier molecular flexibility index (Phi) is 5.53. The molecule has 2 atom stereocenters. The Morgan fingerprint density at radius 3 is 2.48 bits per heavy atom. The molecule has 0 aliphatic carbocycles. The zero-order chi connectivity index (χ0) is 15.3. The summed E-state index contributed by atoms with van der Waals surface area (Å²) in [6, 6.07) is 17.4. The maximum Gasteiger partial charge on any atom is 0.0915 e. The third kappa shape index (κ3) is 4.14. The molecule has 2 rings (SSSR count). The van der Waals surface area contributed by atoms with Crippen LogP contribution in [0.15, 0.2) is 59.1 Å². The molecule has 0 spiro atoms. The van der Waals surface area contributed by atoms with Crippen LogP contribution < -0.4 is 5.32 Å². The lowest BCUT2D eigenvalue weighted by atomic mass is 9.92. The van der Waals surface area contributed by atoms with E-state index in [1.54, 1.807) is 0 Å². The summed E-state index contributed by atoms with van der Waals surface area (Å²) in [5, 5.41) is 23.3. The maximum atomic E-state index is 10.3. The number of hydrogen-bond acceptors (Lipinski definition) is 3. The molecule has 0 heterocycles. The molecule has 112 valence electrons. The van der Waals surface area contributed by atoms with Crippen molar-refractivity contribution in [2.24, 2.45) is 0 Å². The zero-order valence-electron chi connectivity index (χ0n) is 12.0. The van der Waals surface area contributed by atoms with Crippen LogP contribution >= 0.6 is 15.9 Å². The molecule has 4 heteroatoms. The second-order valence-electron chi connectivity index (χ2n) is 5.31. The highest BCUT2D eigenvalue weighted by Gasteiger charge is 2.26. The number of aliphatic hydroxyl groups is 2. The minimum Gasteiger partial charge on any atom is -0.394 e. The van der Waals surface area contributed by atoms with E-state index in [1.165, 1.54) is 0 Å². The van der Waals surface area contributed by atoms with Gasteiger partial charge < -0.3 is 15.5 Å². The fraction of sp³-hybridized carbons (Fsp3) is 0.294.